The van der Waals surface area contributed by atoms with E-state index in [4.69, 9.17) is 4.42 Å². The summed E-state index contributed by atoms with van der Waals surface area (Å²) in [6, 6.07) is -0.0511. The van der Waals surface area contributed by atoms with Crippen molar-refractivity contribution >= 4 is 5.91 Å². The number of hydrogen-bond donors (Lipinski definition) is 1. The zero-order chi connectivity index (χ0) is 11.5. The van der Waals surface area contributed by atoms with Crippen LogP contribution in [0.3, 0.4) is 0 Å². The molecule has 5 heteroatoms. The number of nitrogens with one attached hydrogen (secondary N) is 1. The molecule has 2 rings (SSSR count). The minimum atomic E-state index is -0.0511. The number of amides is 1. The molecule has 1 aromatic rings. The summed E-state index contributed by atoms with van der Waals surface area (Å²) in [5.41, 5.74) is 0. The summed E-state index contributed by atoms with van der Waals surface area (Å²) in [5.74, 6) is 1.54. The second-order valence-corrected chi connectivity index (χ2v) is 4.11. The zero-order valence-electron chi connectivity index (χ0n) is 9.69. The molecule has 2 heterocycles. The Labute approximate surface area is 94.8 Å². The summed E-state index contributed by atoms with van der Waals surface area (Å²) >= 11 is 0. The number of aryl methyl sites for hydroxylation is 1. The van der Waals surface area contributed by atoms with Gasteiger partial charge in [0.1, 0.15) is 5.76 Å². The van der Waals surface area contributed by atoms with Crippen LogP contribution in [-0.4, -0.2) is 35.4 Å². The van der Waals surface area contributed by atoms with Gasteiger partial charge in [0.25, 0.3) is 0 Å². The number of likely N-dealkylation sites (N-methyl/N-ethyl adjacent to an activating group) is 1. The van der Waals surface area contributed by atoms with Gasteiger partial charge in [-0.15, -0.1) is 0 Å². The van der Waals surface area contributed by atoms with E-state index in [0.717, 1.165) is 25.1 Å². The fraction of sp³-hybridized carbons (Fsp3) is 0.636. The number of likely N-dealkylation sites (tertiary alicyclic amines) is 1. The van der Waals surface area contributed by atoms with Crippen LogP contribution in [0, 0.1) is 6.92 Å². The smallest absolute Gasteiger partial charge is 0.240 e. The maximum absolute atomic E-state index is 12.0. The second kappa shape index (κ2) is 4.65. The first-order chi connectivity index (χ1) is 7.70. The quantitative estimate of drug-likeness (QED) is 0.819. The van der Waals surface area contributed by atoms with Gasteiger partial charge in [-0.25, -0.2) is 4.98 Å². The molecule has 88 valence electrons. The standard InChI is InChI=1S/C11H17N3O2/c1-8-6-13-10(16-8)7-14-5-3-4-9(12-2)11(14)15/h6,9,12H,3-5,7H2,1-2H3. The minimum absolute atomic E-state index is 0.0511. The van der Waals surface area contributed by atoms with Crippen LogP contribution < -0.4 is 5.32 Å². The van der Waals surface area contributed by atoms with E-state index < -0.39 is 0 Å². The molecule has 1 atom stereocenters. The zero-order valence-corrected chi connectivity index (χ0v) is 9.69. The van der Waals surface area contributed by atoms with Crippen LogP contribution in [0.25, 0.3) is 0 Å². The van der Waals surface area contributed by atoms with Gasteiger partial charge in [-0.1, -0.05) is 0 Å². The van der Waals surface area contributed by atoms with Gasteiger partial charge in [-0.3, -0.25) is 4.79 Å². The maximum atomic E-state index is 12.0. The number of aromatic nitrogens is 1. The van der Waals surface area contributed by atoms with Gasteiger partial charge in [0.2, 0.25) is 11.8 Å². The molecule has 5 nitrogen and oxygen atoms in total. The topological polar surface area (TPSA) is 58.4 Å². The molecule has 0 spiro atoms. The molecule has 0 radical (unpaired) electrons. The maximum Gasteiger partial charge on any atom is 0.240 e. The van der Waals surface area contributed by atoms with Crippen molar-refractivity contribution in [2.75, 3.05) is 13.6 Å². The second-order valence-electron chi connectivity index (χ2n) is 4.11. The largest absolute Gasteiger partial charge is 0.444 e. The molecular formula is C11H17N3O2. The molecule has 1 aliphatic heterocycles. The Hall–Kier alpha value is -1.36. The lowest BCUT2D eigenvalue weighted by atomic mass is 10.1. The average Bonchev–Trinajstić information content (AvgIpc) is 2.67. The van der Waals surface area contributed by atoms with E-state index in [1.165, 1.54) is 0 Å². The number of rotatable bonds is 3. The van der Waals surface area contributed by atoms with Crippen molar-refractivity contribution in [3.63, 3.8) is 0 Å². The molecule has 0 aromatic carbocycles. The monoisotopic (exact) mass is 223 g/mol. The third kappa shape index (κ3) is 2.24. The van der Waals surface area contributed by atoms with E-state index in [1.54, 1.807) is 11.1 Å². The molecule has 0 aliphatic carbocycles. The van der Waals surface area contributed by atoms with Crippen molar-refractivity contribution in [3.05, 3.63) is 17.8 Å². The third-order valence-corrected chi connectivity index (χ3v) is 2.87. The Balaban J connectivity index is 2.01. The van der Waals surface area contributed by atoms with Crippen LogP contribution in [0.1, 0.15) is 24.5 Å². The summed E-state index contributed by atoms with van der Waals surface area (Å²) in [7, 11) is 1.82. The Kier molecular flexibility index (Phi) is 3.24. The molecule has 16 heavy (non-hydrogen) atoms. The normalized spacial score (nSPS) is 21.5. The SMILES string of the molecule is CNC1CCCN(Cc2ncc(C)o2)C1=O. The fourth-order valence-electron chi connectivity index (χ4n) is 2.00. The molecule has 1 amide bonds. The highest BCUT2D eigenvalue weighted by atomic mass is 16.4. The Morgan fingerprint density at radius 2 is 2.50 bits per heavy atom. The average molecular weight is 223 g/mol. The Morgan fingerprint density at radius 3 is 3.12 bits per heavy atom. The van der Waals surface area contributed by atoms with Crippen LogP contribution in [0.15, 0.2) is 10.6 Å². The molecule has 1 N–H and O–H groups in total. The van der Waals surface area contributed by atoms with Crippen molar-refractivity contribution in [1.29, 1.82) is 0 Å². The lowest BCUT2D eigenvalue weighted by Gasteiger charge is -2.31. The highest BCUT2D eigenvalue weighted by molar-refractivity contribution is 5.82. The van der Waals surface area contributed by atoms with Crippen molar-refractivity contribution in [3.8, 4) is 0 Å². The van der Waals surface area contributed by atoms with E-state index in [9.17, 15) is 4.79 Å². The number of piperidine rings is 1. The van der Waals surface area contributed by atoms with Crippen molar-refractivity contribution in [1.82, 2.24) is 15.2 Å². The molecule has 0 saturated carbocycles. The molecular weight excluding hydrogens is 206 g/mol. The van der Waals surface area contributed by atoms with Gasteiger partial charge < -0.3 is 14.6 Å². The van der Waals surface area contributed by atoms with Gasteiger partial charge >= 0.3 is 0 Å². The van der Waals surface area contributed by atoms with Gasteiger partial charge in [-0.05, 0) is 26.8 Å². The van der Waals surface area contributed by atoms with Crippen molar-refractivity contribution < 1.29 is 9.21 Å². The summed E-state index contributed by atoms with van der Waals surface area (Å²) < 4.78 is 5.38. The lowest BCUT2D eigenvalue weighted by molar-refractivity contribution is -0.136. The first-order valence-electron chi connectivity index (χ1n) is 5.58. The van der Waals surface area contributed by atoms with Crippen LogP contribution >= 0.6 is 0 Å². The minimum Gasteiger partial charge on any atom is -0.444 e. The molecule has 1 unspecified atom stereocenters. The first-order valence-corrected chi connectivity index (χ1v) is 5.58. The van der Waals surface area contributed by atoms with Gasteiger partial charge in [0, 0.05) is 6.54 Å². The predicted molar refractivity (Wildman–Crippen MR) is 58.7 cm³/mol. The summed E-state index contributed by atoms with van der Waals surface area (Å²) in [5, 5.41) is 3.03. The Morgan fingerprint density at radius 1 is 1.69 bits per heavy atom. The van der Waals surface area contributed by atoms with Crippen LogP contribution in [0.2, 0.25) is 0 Å². The summed E-state index contributed by atoms with van der Waals surface area (Å²) in [6.07, 6.45) is 3.62. The van der Waals surface area contributed by atoms with Gasteiger partial charge in [0.05, 0.1) is 18.8 Å². The van der Waals surface area contributed by atoms with E-state index >= 15 is 0 Å². The van der Waals surface area contributed by atoms with E-state index in [0.29, 0.717) is 12.4 Å². The molecule has 1 aromatic heterocycles. The van der Waals surface area contributed by atoms with Crippen molar-refractivity contribution in [2.24, 2.45) is 0 Å². The number of nitrogens with zero attached hydrogens (tertiary/aromatic N) is 2. The molecule has 0 bridgehead atoms. The Bertz CT molecular complexity index is 375. The number of carbonyl (C=O) groups excluding carboxylic acids is 1. The van der Waals surface area contributed by atoms with Gasteiger partial charge in [0.15, 0.2) is 0 Å². The van der Waals surface area contributed by atoms with Crippen molar-refractivity contribution in [2.45, 2.75) is 32.4 Å². The van der Waals surface area contributed by atoms with Crippen LogP contribution in [0.5, 0.6) is 0 Å². The molecule has 1 fully saturated rings. The first kappa shape index (κ1) is 11.1. The van der Waals surface area contributed by atoms with Crippen LogP contribution in [0.4, 0.5) is 0 Å². The summed E-state index contributed by atoms with van der Waals surface area (Å²) in [4.78, 5) is 17.9. The van der Waals surface area contributed by atoms with E-state index in [2.05, 4.69) is 10.3 Å². The third-order valence-electron chi connectivity index (χ3n) is 2.87. The van der Waals surface area contributed by atoms with E-state index in [-0.39, 0.29) is 11.9 Å². The van der Waals surface area contributed by atoms with Gasteiger partial charge in [-0.2, -0.15) is 0 Å². The fourth-order valence-corrected chi connectivity index (χ4v) is 2.00. The highest BCUT2D eigenvalue weighted by Crippen LogP contribution is 2.14. The molecule has 1 aliphatic rings. The van der Waals surface area contributed by atoms with Crippen LogP contribution in [-0.2, 0) is 11.3 Å². The highest BCUT2D eigenvalue weighted by Gasteiger charge is 2.28. The molecule has 1 saturated heterocycles. The number of oxazole rings is 1. The van der Waals surface area contributed by atoms with E-state index in [1.807, 2.05) is 14.0 Å². The lowest BCUT2D eigenvalue weighted by Crippen LogP contribution is -2.49. The predicted octanol–water partition coefficient (Wildman–Crippen LogP) is 0.693. The number of carbonyl (C=O) groups is 1. The number of hydrogen-bond acceptors (Lipinski definition) is 4. The summed E-state index contributed by atoms with van der Waals surface area (Å²) in [6.45, 7) is 3.12.